The predicted molar refractivity (Wildman–Crippen MR) is 139 cm³/mol. The molecule has 0 aliphatic heterocycles. The number of hydrogen-bond acceptors (Lipinski definition) is 5. The van der Waals surface area contributed by atoms with Crippen molar-refractivity contribution in [3.8, 4) is 11.1 Å². The first-order valence-electron chi connectivity index (χ1n) is 11.7. The highest BCUT2D eigenvalue weighted by atomic mass is 32.2. The fourth-order valence-electron chi connectivity index (χ4n) is 4.26. The van der Waals surface area contributed by atoms with Crippen molar-refractivity contribution >= 4 is 37.7 Å². The van der Waals surface area contributed by atoms with Crippen LogP contribution in [0, 0.1) is 13.8 Å². The molecule has 0 unspecified atom stereocenters. The fraction of sp³-hybridized carbons (Fsp3) is 0.333. The van der Waals surface area contributed by atoms with Crippen LogP contribution in [0.1, 0.15) is 48.7 Å². The summed E-state index contributed by atoms with van der Waals surface area (Å²) in [5.74, 6) is -0.250. The highest BCUT2D eigenvalue weighted by Gasteiger charge is 2.22. The van der Waals surface area contributed by atoms with Gasteiger partial charge in [0, 0.05) is 29.1 Å². The zero-order valence-electron chi connectivity index (χ0n) is 20.7. The fourth-order valence-corrected chi connectivity index (χ4v) is 5.19. The minimum atomic E-state index is -3.40. The number of fused-ring (bicyclic) bond motifs is 3. The first-order chi connectivity index (χ1) is 16.4. The van der Waals surface area contributed by atoms with E-state index in [1.165, 1.54) is 0 Å². The molecule has 8 heteroatoms. The van der Waals surface area contributed by atoms with Crippen molar-refractivity contribution in [2.45, 2.75) is 51.5 Å². The summed E-state index contributed by atoms with van der Waals surface area (Å²) in [5.41, 5.74) is 4.32. The number of nitrogens with one attached hydrogen (secondary N) is 2. The van der Waals surface area contributed by atoms with Crippen molar-refractivity contribution in [2.24, 2.45) is 0 Å². The molecule has 3 N–H and O–H groups in total. The van der Waals surface area contributed by atoms with E-state index in [1.54, 1.807) is 45.2 Å². The number of hydrogen-bond donors (Lipinski definition) is 3. The van der Waals surface area contributed by atoms with Crippen LogP contribution in [0.25, 0.3) is 33.1 Å². The summed E-state index contributed by atoms with van der Waals surface area (Å²) < 4.78 is 25.2. The molecule has 2 heterocycles. The van der Waals surface area contributed by atoms with E-state index >= 15 is 0 Å². The number of aromatic nitrogens is 2. The third-order valence-corrected chi connectivity index (χ3v) is 8.01. The van der Waals surface area contributed by atoms with Gasteiger partial charge >= 0.3 is 0 Å². The predicted octanol–water partition coefficient (Wildman–Crippen LogP) is 4.68. The number of benzene rings is 2. The van der Waals surface area contributed by atoms with Crippen LogP contribution in [0.3, 0.4) is 0 Å². The quantitative estimate of drug-likeness (QED) is 0.346. The topological polar surface area (TPSA) is 112 Å². The van der Waals surface area contributed by atoms with Gasteiger partial charge in [-0.2, -0.15) is 0 Å². The first kappa shape index (κ1) is 24.9. The molecule has 4 rings (SSSR count). The Balaban J connectivity index is 1.95. The monoisotopic (exact) mass is 493 g/mol. The Morgan fingerprint density at radius 1 is 1.17 bits per heavy atom. The second kappa shape index (κ2) is 9.09. The first-order valence-corrected chi connectivity index (χ1v) is 13.3. The summed E-state index contributed by atoms with van der Waals surface area (Å²) >= 11 is 0. The molecule has 0 atom stereocenters. The number of aromatic amines is 1. The van der Waals surface area contributed by atoms with Crippen LogP contribution in [0.5, 0.6) is 0 Å². The number of nitrogens with zero attached hydrogens (tertiary/aromatic N) is 1. The lowest BCUT2D eigenvalue weighted by molar-refractivity contribution is 0.0693. The SMILES string of the molecule is CCS(=O)(=O)c1cccc(-c2cc(C(=O)NCCC(C)(C)O)c(C)c3[nH]c4ncc(C)cc4c23)c1. The number of rotatable bonds is 7. The highest BCUT2D eigenvalue weighted by molar-refractivity contribution is 7.91. The standard InChI is InChI=1S/C27H31N3O4S/c1-6-35(33,34)19-9-7-8-18(13-19)21-14-20(26(31)28-11-10-27(4,5)32)17(3)24-23(21)22-12-16(2)15-29-25(22)30-24/h7-9,12-15,32H,6,10-11H2,1-5H3,(H,28,31)(H,29,30). The van der Waals surface area contributed by atoms with Crippen LogP contribution in [-0.4, -0.2) is 47.3 Å². The minimum absolute atomic E-state index is 0.00479. The Labute approximate surface area is 205 Å². The summed E-state index contributed by atoms with van der Waals surface area (Å²) in [4.78, 5) is 21.4. The van der Waals surface area contributed by atoms with Crippen molar-refractivity contribution in [3.05, 3.63) is 59.3 Å². The van der Waals surface area contributed by atoms with E-state index in [9.17, 15) is 18.3 Å². The van der Waals surface area contributed by atoms with Crippen molar-refractivity contribution in [3.63, 3.8) is 0 Å². The van der Waals surface area contributed by atoms with Gasteiger partial charge in [-0.1, -0.05) is 19.1 Å². The molecular weight excluding hydrogens is 462 g/mol. The molecule has 1 amide bonds. The van der Waals surface area contributed by atoms with Crippen molar-refractivity contribution in [2.75, 3.05) is 12.3 Å². The molecule has 2 aromatic heterocycles. The average molecular weight is 494 g/mol. The van der Waals surface area contributed by atoms with Crippen LogP contribution >= 0.6 is 0 Å². The molecule has 0 saturated carbocycles. The van der Waals surface area contributed by atoms with Crippen molar-refractivity contribution < 1.29 is 18.3 Å². The van der Waals surface area contributed by atoms with E-state index in [0.29, 0.717) is 29.7 Å². The molecular formula is C27H31N3O4S. The Hall–Kier alpha value is -3.23. The summed E-state index contributed by atoms with van der Waals surface area (Å²) in [6.07, 6.45) is 2.20. The van der Waals surface area contributed by atoms with Crippen molar-refractivity contribution in [1.29, 1.82) is 0 Å². The Morgan fingerprint density at radius 2 is 1.91 bits per heavy atom. The van der Waals surface area contributed by atoms with E-state index in [-0.39, 0.29) is 16.6 Å². The molecule has 35 heavy (non-hydrogen) atoms. The molecule has 0 fully saturated rings. The molecule has 0 radical (unpaired) electrons. The maximum atomic E-state index is 13.2. The van der Waals surface area contributed by atoms with Gasteiger partial charge in [0.05, 0.1) is 21.8 Å². The van der Waals surface area contributed by atoms with Gasteiger partial charge in [-0.15, -0.1) is 0 Å². The number of sulfone groups is 1. The molecule has 2 aromatic carbocycles. The van der Waals surface area contributed by atoms with E-state index in [0.717, 1.165) is 33.0 Å². The van der Waals surface area contributed by atoms with Gasteiger partial charge in [0.15, 0.2) is 9.84 Å². The summed E-state index contributed by atoms with van der Waals surface area (Å²) in [5, 5.41) is 14.7. The highest BCUT2D eigenvalue weighted by Crippen LogP contribution is 2.38. The molecule has 4 aromatic rings. The number of pyridine rings is 1. The normalized spacial score (nSPS) is 12.4. The average Bonchev–Trinajstić information content (AvgIpc) is 3.18. The molecule has 0 aliphatic carbocycles. The van der Waals surface area contributed by atoms with Gasteiger partial charge in [0.2, 0.25) is 0 Å². The Bertz CT molecular complexity index is 1550. The molecule has 0 saturated heterocycles. The number of aliphatic hydroxyl groups is 1. The minimum Gasteiger partial charge on any atom is -0.390 e. The van der Waals surface area contributed by atoms with Crippen LogP contribution < -0.4 is 5.32 Å². The lowest BCUT2D eigenvalue weighted by Crippen LogP contribution is -2.31. The van der Waals surface area contributed by atoms with E-state index in [4.69, 9.17) is 0 Å². The van der Waals surface area contributed by atoms with Crippen LogP contribution in [0.15, 0.2) is 47.5 Å². The van der Waals surface area contributed by atoms with Crippen molar-refractivity contribution in [1.82, 2.24) is 15.3 Å². The van der Waals surface area contributed by atoms with Gasteiger partial charge in [0.1, 0.15) is 5.65 Å². The third kappa shape index (κ3) is 4.94. The second-order valence-electron chi connectivity index (χ2n) is 9.63. The van der Waals surface area contributed by atoms with Crippen LogP contribution in [0.2, 0.25) is 0 Å². The summed E-state index contributed by atoms with van der Waals surface area (Å²) in [7, 11) is -3.40. The molecule has 7 nitrogen and oxygen atoms in total. The Kier molecular flexibility index (Phi) is 6.46. The maximum absolute atomic E-state index is 13.2. The number of H-pyrrole nitrogens is 1. The third-order valence-electron chi connectivity index (χ3n) is 6.28. The molecule has 0 aliphatic rings. The molecule has 184 valence electrons. The second-order valence-corrected chi connectivity index (χ2v) is 11.9. The van der Waals surface area contributed by atoms with Gasteiger partial charge < -0.3 is 15.4 Å². The maximum Gasteiger partial charge on any atom is 0.251 e. The molecule has 0 spiro atoms. The molecule has 0 bridgehead atoms. The van der Waals surface area contributed by atoms with E-state index in [1.807, 2.05) is 32.0 Å². The van der Waals surface area contributed by atoms with E-state index < -0.39 is 15.4 Å². The lowest BCUT2D eigenvalue weighted by atomic mass is 9.93. The largest absolute Gasteiger partial charge is 0.390 e. The number of carbonyl (C=O) groups excluding carboxylic acids is 1. The Morgan fingerprint density at radius 3 is 2.60 bits per heavy atom. The van der Waals surface area contributed by atoms with E-state index in [2.05, 4.69) is 15.3 Å². The summed E-state index contributed by atoms with van der Waals surface area (Å²) in [6.45, 7) is 9.20. The summed E-state index contributed by atoms with van der Waals surface area (Å²) in [6, 6.07) is 10.7. The zero-order chi connectivity index (χ0) is 25.5. The number of carbonyl (C=O) groups is 1. The number of amides is 1. The van der Waals surface area contributed by atoms with Crippen LogP contribution in [-0.2, 0) is 9.84 Å². The van der Waals surface area contributed by atoms with Gasteiger partial charge in [-0.3, -0.25) is 4.79 Å². The number of aryl methyl sites for hydroxylation is 2. The van der Waals surface area contributed by atoms with Gasteiger partial charge in [0.25, 0.3) is 5.91 Å². The van der Waals surface area contributed by atoms with Crippen LogP contribution in [0.4, 0.5) is 0 Å². The zero-order valence-corrected chi connectivity index (χ0v) is 21.5. The van der Waals surface area contributed by atoms with Gasteiger partial charge in [-0.25, -0.2) is 13.4 Å². The smallest absolute Gasteiger partial charge is 0.251 e. The lowest BCUT2D eigenvalue weighted by Gasteiger charge is -2.18. The van der Waals surface area contributed by atoms with Gasteiger partial charge in [-0.05, 0) is 80.6 Å².